The summed E-state index contributed by atoms with van der Waals surface area (Å²) in [6.45, 7) is 3.94. The molecule has 0 aliphatic heterocycles. The second-order valence-corrected chi connectivity index (χ2v) is 6.94. The van der Waals surface area contributed by atoms with Crippen LogP contribution < -0.4 is 20.4 Å². The number of H-pyrrole nitrogens is 1. The van der Waals surface area contributed by atoms with Crippen molar-refractivity contribution in [1.29, 1.82) is 0 Å². The number of hydrogen-bond acceptors (Lipinski definition) is 5. The number of thioether (sulfide) groups is 1. The number of nitrogens with one attached hydrogen (secondary N) is 2. The average molecular weight is 386 g/mol. The number of aromatic nitrogens is 2. The number of nitrogens with zero attached hydrogens (tertiary/aromatic N) is 1. The van der Waals surface area contributed by atoms with Crippen LogP contribution in [0.25, 0.3) is 5.69 Å². The van der Waals surface area contributed by atoms with Gasteiger partial charge in [0, 0.05) is 17.8 Å². The summed E-state index contributed by atoms with van der Waals surface area (Å²) in [5, 5.41) is 5.71. The Labute approximate surface area is 160 Å². The average Bonchev–Trinajstić information content (AvgIpc) is 3.03. The number of aryl methyl sites for hydroxylation is 2. The predicted molar refractivity (Wildman–Crippen MR) is 103 cm³/mol. The summed E-state index contributed by atoms with van der Waals surface area (Å²) in [7, 11) is 1.58. The zero-order chi connectivity index (χ0) is 19.4. The van der Waals surface area contributed by atoms with Crippen molar-refractivity contribution < 1.29 is 18.7 Å². The number of ether oxygens (including phenoxy) is 1. The fourth-order valence-corrected chi connectivity index (χ4v) is 3.33. The molecule has 27 heavy (non-hydrogen) atoms. The van der Waals surface area contributed by atoms with Crippen LogP contribution in [0.4, 0.5) is 5.69 Å². The zero-order valence-electron chi connectivity index (χ0n) is 15.2. The molecule has 3 rings (SSSR count). The lowest BCUT2D eigenvalue weighted by Gasteiger charge is -2.08. The minimum Gasteiger partial charge on any atom is -0.497 e. The van der Waals surface area contributed by atoms with Crippen molar-refractivity contribution in [3.05, 3.63) is 64.0 Å². The van der Waals surface area contributed by atoms with Crippen molar-refractivity contribution in [2.45, 2.75) is 18.9 Å². The van der Waals surface area contributed by atoms with Gasteiger partial charge in [0.15, 0.2) is 0 Å². The van der Waals surface area contributed by atoms with Crippen LogP contribution >= 0.6 is 11.8 Å². The van der Waals surface area contributed by atoms with Crippen LogP contribution in [-0.4, -0.2) is 24.0 Å². The molecule has 3 aromatic rings. The maximum atomic E-state index is 12.3. The fraction of sp³-hybridized carbons (Fsp3) is 0.211. The largest absolute Gasteiger partial charge is 0.497 e. The smallest absolute Gasteiger partial charge is 0.442 e. The molecule has 0 radical (unpaired) electrons. The van der Waals surface area contributed by atoms with E-state index < -0.39 is 5.63 Å². The van der Waals surface area contributed by atoms with Crippen LogP contribution in [0.3, 0.4) is 0 Å². The molecule has 0 saturated heterocycles. The summed E-state index contributed by atoms with van der Waals surface area (Å²) < 4.78 is 11.5. The van der Waals surface area contributed by atoms with Gasteiger partial charge in [0.05, 0.1) is 12.9 Å². The highest BCUT2D eigenvalue weighted by Gasteiger charge is 2.25. The quantitative estimate of drug-likeness (QED) is 0.502. The third-order valence-corrected chi connectivity index (χ3v) is 4.96. The van der Waals surface area contributed by atoms with E-state index in [1.165, 1.54) is 4.68 Å². The second-order valence-electron chi connectivity index (χ2n) is 5.97. The Kier molecular flexibility index (Phi) is 5.66. The molecule has 2 N–H and O–H groups in total. The van der Waals surface area contributed by atoms with Gasteiger partial charge in [-0.3, -0.25) is 9.32 Å². The number of methoxy groups -OCH3 is 1. The van der Waals surface area contributed by atoms with Gasteiger partial charge in [0.1, 0.15) is 5.75 Å². The summed E-state index contributed by atoms with van der Waals surface area (Å²) in [5.74, 6) is 0.576. The molecular weight excluding hydrogens is 366 g/mol. The molecule has 0 aliphatic rings. The Balaban J connectivity index is 1.71. The van der Waals surface area contributed by atoms with E-state index in [9.17, 15) is 9.59 Å². The first-order valence-corrected chi connectivity index (χ1v) is 9.24. The molecule has 1 amide bonds. The maximum absolute atomic E-state index is 12.3. The number of carbonyl (C=O) groups is 1. The molecular formula is C19H20N3O4S+. The Bertz CT molecular complexity index is 1010. The van der Waals surface area contributed by atoms with Crippen molar-refractivity contribution >= 4 is 23.4 Å². The summed E-state index contributed by atoms with van der Waals surface area (Å²) >= 11 is 1.10. The summed E-state index contributed by atoms with van der Waals surface area (Å²) in [6.07, 6.45) is 0. The van der Waals surface area contributed by atoms with Crippen LogP contribution in [0.5, 0.6) is 5.75 Å². The fourth-order valence-electron chi connectivity index (χ4n) is 2.56. The van der Waals surface area contributed by atoms with Crippen molar-refractivity contribution in [3.63, 3.8) is 0 Å². The first-order chi connectivity index (χ1) is 13.0. The van der Waals surface area contributed by atoms with Gasteiger partial charge in [-0.05, 0) is 59.3 Å². The Morgan fingerprint density at radius 3 is 2.63 bits per heavy atom. The van der Waals surface area contributed by atoms with Crippen LogP contribution in [0, 0.1) is 13.8 Å². The number of benzene rings is 2. The lowest BCUT2D eigenvalue weighted by atomic mass is 10.1. The lowest BCUT2D eigenvalue weighted by molar-refractivity contribution is -0.704. The summed E-state index contributed by atoms with van der Waals surface area (Å²) in [4.78, 5) is 24.3. The van der Waals surface area contributed by atoms with E-state index in [1.807, 2.05) is 32.0 Å². The predicted octanol–water partition coefficient (Wildman–Crippen LogP) is 2.60. The van der Waals surface area contributed by atoms with Gasteiger partial charge >= 0.3 is 10.7 Å². The van der Waals surface area contributed by atoms with Gasteiger partial charge in [-0.1, -0.05) is 17.7 Å². The van der Waals surface area contributed by atoms with E-state index in [0.29, 0.717) is 11.4 Å². The number of rotatable bonds is 6. The van der Waals surface area contributed by atoms with Gasteiger partial charge < -0.3 is 10.1 Å². The SMILES string of the molecule is COc1ccc(-[n+]2[nH]oc(=O)c2SCC(=O)Nc2ccc(C)cc2C)cc1. The molecule has 0 saturated carbocycles. The number of anilines is 1. The second kappa shape index (κ2) is 8.13. The van der Waals surface area contributed by atoms with Crippen molar-refractivity contribution in [3.8, 4) is 11.4 Å². The molecule has 0 spiro atoms. The molecule has 2 aromatic carbocycles. The van der Waals surface area contributed by atoms with E-state index >= 15 is 0 Å². The first kappa shape index (κ1) is 18.8. The van der Waals surface area contributed by atoms with Gasteiger partial charge in [0.25, 0.3) is 0 Å². The third-order valence-electron chi connectivity index (χ3n) is 3.93. The zero-order valence-corrected chi connectivity index (χ0v) is 16.1. The molecule has 0 bridgehead atoms. The molecule has 0 unspecified atom stereocenters. The lowest BCUT2D eigenvalue weighted by Crippen LogP contribution is -2.36. The Morgan fingerprint density at radius 1 is 1.22 bits per heavy atom. The highest BCUT2D eigenvalue weighted by atomic mass is 32.2. The number of amides is 1. The number of carbonyl (C=O) groups excluding carboxylic acids is 1. The Morgan fingerprint density at radius 2 is 1.96 bits per heavy atom. The monoisotopic (exact) mass is 386 g/mol. The minimum atomic E-state index is -0.532. The molecule has 0 fully saturated rings. The first-order valence-electron chi connectivity index (χ1n) is 8.26. The maximum Gasteiger partial charge on any atom is 0.442 e. The van der Waals surface area contributed by atoms with E-state index in [2.05, 4.69) is 10.6 Å². The van der Waals surface area contributed by atoms with Crippen LogP contribution in [0.2, 0.25) is 0 Å². The van der Waals surface area contributed by atoms with Crippen LogP contribution in [-0.2, 0) is 4.79 Å². The van der Waals surface area contributed by atoms with Crippen molar-refractivity contribution in [2.24, 2.45) is 0 Å². The van der Waals surface area contributed by atoms with Crippen molar-refractivity contribution in [1.82, 2.24) is 5.27 Å². The highest BCUT2D eigenvalue weighted by molar-refractivity contribution is 7.99. The summed E-state index contributed by atoms with van der Waals surface area (Å²) in [6, 6.07) is 12.9. The van der Waals surface area contributed by atoms with E-state index in [0.717, 1.165) is 28.6 Å². The summed E-state index contributed by atoms with van der Waals surface area (Å²) in [5.41, 5.74) is 3.04. The Hall–Kier alpha value is -3.00. The third kappa shape index (κ3) is 4.40. The van der Waals surface area contributed by atoms with E-state index in [1.54, 1.807) is 31.4 Å². The normalized spacial score (nSPS) is 10.6. The topological polar surface area (TPSA) is 88.2 Å². The standard InChI is InChI=1S/C19H19N3O4S/c1-12-4-9-16(13(2)10-12)20-17(23)11-27-18-19(24)26-21-22(18)14-5-7-15(25-3)8-6-14/h4-10H,11H2,1-3H3,(H-,20,21,23,24)/p+1. The number of hydrogen-bond donors (Lipinski definition) is 2. The molecule has 8 heteroatoms. The van der Waals surface area contributed by atoms with E-state index in [4.69, 9.17) is 9.26 Å². The van der Waals surface area contributed by atoms with Crippen LogP contribution in [0.1, 0.15) is 11.1 Å². The number of aromatic amines is 1. The highest BCUT2D eigenvalue weighted by Crippen LogP contribution is 2.18. The van der Waals surface area contributed by atoms with Gasteiger partial charge in [-0.25, -0.2) is 4.79 Å². The molecule has 140 valence electrons. The molecule has 0 aliphatic carbocycles. The van der Waals surface area contributed by atoms with Crippen molar-refractivity contribution in [2.75, 3.05) is 18.2 Å². The van der Waals surface area contributed by atoms with Gasteiger partial charge in [-0.2, -0.15) is 0 Å². The molecule has 0 atom stereocenters. The van der Waals surface area contributed by atoms with E-state index in [-0.39, 0.29) is 16.7 Å². The van der Waals surface area contributed by atoms with Crippen LogP contribution in [0.15, 0.2) is 56.8 Å². The molecule has 7 nitrogen and oxygen atoms in total. The van der Waals surface area contributed by atoms with Gasteiger partial charge in [-0.15, -0.1) is 0 Å². The minimum absolute atomic E-state index is 0.0755. The molecule has 1 heterocycles. The molecule has 1 aromatic heterocycles. The van der Waals surface area contributed by atoms with Gasteiger partial charge in [0.2, 0.25) is 11.6 Å².